The van der Waals surface area contributed by atoms with Gasteiger partial charge in [0.15, 0.2) is 10.8 Å². The van der Waals surface area contributed by atoms with E-state index in [0.717, 1.165) is 23.0 Å². The highest BCUT2D eigenvalue weighted by Crippen LogP contribution is 2.31. The first-order chi connectivity index (χ1) is 9.57. The standard InChI is InChI=1S/C14H16N2O3S/c1-14(13(17)18)4-5-16(9-14)7-10-8-20-12(15-10)11-3-2-6-19-11/h2-3,6,8H,4-5,7,9H2,1H3,(H,17,18). The number of likely N-dealkylation sites (tertiary alicyclic amines) is 1. The van der Waals surface area contributed by atoms with E-state index in [1.807, 2.05) is 24.4 Å². The van der Waals surface area contributed by atoms with Gasteiger partial charge in [0.25, 0.3) is 0 Å². The lowest BCUT2D eigenvalue weighted by Crippen LogP contribution is -2.31. The summed E-state index contributed by atoms with van der Waals surface area (Å²) in [6, 6.07) is 3.73. The molecule has 1 aliphatic rings. The Bertz CT molecular complexity index is 608. The first kappa shape index (κ1) is 13.3. The zero-order chi connectivity index (χ0) is 14.2. The van der Waals surface area contributed by atoms with Crippen LogP contribution in [0.4, 0.5) is 0 Å². The van der Waals surface area contributed by atoms with Gasteiger partial charge in [-0.3, -0.25) is 9.69 Å². The Morgan fingerprint density at radius 2 is 2.50 bits per heavy atom. The van der Waals surface area contributed by atoms with Gasteiger partial charge in [0.05, 0.1) is 17.4 Å². The third kappa shape index (κ3) is 2.48. The first-order valence-electron chi connectivity index (χ1n) is 6.51. The average Bonchev–Trinajstić information content (AvgIpc) is 3.10. The van der Waals surface area contributed by atoms with Crippen LogP contribution >= 0.6 is 11.3 Å². The van der Waals surface area contributed by atoms with Gasteiger partial charge in [-0.05, 0) is 32.0 Å². The number of carbonyl (C=O) groups is 1. The third-order valence-corrected chi connectivity index (χ3v) is 4.64. The fourth-order valence-electron chi connectivity index (χ4n) is 2.49. The van der Waals surface area contributed by atoms with Gasteiger partial charge in [-0.2, -0.15) is 0 Å². The summed E-state index contributed by atoms with van der Waals surface area (Å²) in [5.74, 6) is 0.0626. The second-order valence-electron chi connectivity index (χ2n) is 5.45. The molecule has 106 valence electrons. The zero-order valence-electron chi connectivity index (χ0n) is 11.2. The van der Waals surface area contributed by atoms with Crippen molar-refractivity contribution in [3.8, 4) is 10.8 Å². The number of hydrogen-bond acceptors (Lipinski definition) is 5. The summed E-state index contributed by atoms with van der Waals surface area (Å²) in [5, 5.41) is 12.1. The highest BCUT2D eigenvalue weighted by atomic mass is 32.1. The van der Waals surface area contributed by atoms with Crippen LogP contribution in [0, 0.1) is 5.41 Å². The van der Waals surface area contributed by atoms with Crippen molar-refractivity contribution >= 4 is 17.3 Å². The van der Waals surface area contributed by atoms with Gasteiger partial charge < -0.3 is 9.52 Å². The highest BCUT2D eigenvalue weighted by Gasteiger charge is 2.40. The molecule has 3 rings (SSSR count). The number of hydrogen-bond donors (Lipinski definition) is 1. The quantitative estimate of drug-likeness (QED) is 0.938. The van der Waals surface area contributed by atoms with Gasteiger partial charge >= 0.3 is 5.97 Å². The number of carboxylic acid groups (broad SMARTS) is 1. The molecule has 0 saturated carbocycles. The van der Waals surface area contributed by atoms with Gasteiger partial charge in [-0.25, -0.2) is 4.98 Å². The Hall–Kier alpha value is -1.66. The predicted octanol–water partition coefficient (Wildman–Crippen LogP) is 2.70. The van der Waals surface area contributed by atoms with Gasteiger partial charge in [0.1, 0.15) is 0 Å². The monoisotopic (exact) mass is 292 g/mol. The molecule has 0 spiro atoms. The van der Waals surface area contributed by atoms with Crippen LogP contribution < -0.4 is 0 Å². The molecule has 5 nitrogen and oxygen atoms in total. The van der Waals surface area contributed by atoms with Gasteiger partial charge in [0.2, 0.25) is 0 Å². The smallest absolute Gasteiger partial charge is 0.310 e. The van der Waals surface area contributed by atoms with E-state index in [2.05, 4.69) is 9.88 Å². The minimum atomic E-state index is -0.713. The molecule has 0 amide bonds. The lowest BCUT2D eigenvalue weighted by atomic mass is 9.90. The predicted molar refractivity (Wildman–Crippen MR) is 75.5 cm³/mol. The van der Waals surface area contributed by atoms with E-state index >= 15 is 0 Å². The number of thiazole rings is 1. The van der Waals surface area contributed by atoms with Crippen LogP contribution in [0.15, 0.2) is 28.2 Å². The van der Waals surface area contributed by atoms with E-state index in [0.29, 0.717) is 19.5 Å². The molecule has 1 N–H and O–H groups in total. The molecule has 0 bridgehead atoms. The Morgan fingerprint density at radius 1 is 1.65 bits per heavy atom. The van der Waals surface area contributed by atoms with Crippen molar-refractivity contribution in [1.29, 1.82) is 0 Å². The van der Waals surface area contributed by atoms with E-state index in [9.17, 15) is 9.90 Å². The fraction of sp³-hybridized carbons (Fsp3) is 0.429. The Balaban J connectivity index is 1.66. The lowest BCUT2D eigenvalue weighted by molar-refractivity contribution is -0.147. The van der Waals surface area contributed by atoms with Crippen molar-refractivity contribution in [3.05, 3.63) is 29.5 Å². The SMILES string of the molecule is CC1(C(=O)O)CCN(Cc2csc(-c3ccco3)n2)C1. The molecule has 6 heteroatoms. The molecule has 1 saturated heterocycles. The van der Waals surface area contributed by atoms with Crippen LogP contribution in [-0.2, 0) is 11.3 Å². The molecule has 1 fully saturated rings. The number of aromatic nitrogens is 1. The van der Waals surface area contributed by atoms with Gasteiger partial charge in [-0.1, -0.05) is 0 Å². The summed E-state index contributed by atoms with van der Waals surface area (Å²) in [6.07, 6.45) is 2.33. The third-order valence-electron chi connectivity index (χ3n) is 3.74. The molecule has 1 aliphatic heterocycles. The van der Waals surface area contributed by atoms with Gasteiger partial charge in [0, 0.05) is 18.5 Å². The van der Waals surface area contributed by atoms with E-state index in [1.54, 1.807) is 17.6 Å². The van der Waals surface area contributed by atoms with Crippen LogP contribution in [0.3, 0.4) is 0 Å². The fourth-order valence-corrected chi connectivity index (χ4v) is 3.27. The molecule has 0 radical (unpaired) electrons. The summed E-state index contributed by atoms with van der Waals surface area (Å²) in [4.78, 5) is 17.9. The van der Waals surface area contributed by atoms with Crippen LogP contribution in [0.2, 0.25) is 0 Å². The van der Waals surface area contributed by atoms with Crippen molar-refractivity contribution in [3.63, 3.8) is 0 Å². The molecule has 1 unspecified atom stereocenters. The molecule has 1 atom stereocenters. The largest absolute Gasteiger partial charge is 0.481 e. The minimum Gasteiger partial charge on any atom is -0.481 e. The molecule has 0 aliphatic carbocycles. The maximum atomic E-state index is 11.2. The van der Waals surface area contributed by atoms with E-state index < -0.39 is 11.4 Å². The molecule has 2 aromatic rings. The Kier molecular flexibility index (Phi) is 3.35. The molecular formula is C14H16N2O3S. The summed E-state index contributed by atoms with van der Waals surface area (Å²) < 4.78 is 5.32. The number of rotatable bonds is 4. The van der Waals surface area contributed by atoms with E-state index in [1.165, 1.54) is 0 Å². The van der Waals surface area contributed by atoms with Gasteiger partial charge in [-0.15, -0.1) is 11.3 Å². The molecule has 3 heterocycles. The van der Waals surface area contributed by atoms with Crippen molar-refractivity contribution in [1.82, 2.24) is 9.88 Å². The minimum absolute atomic E-state index is 0.579. The molecule has 20 heavy (non-hydrogen) atoms. The topological polar surface area (TPSA) is 66.6 Å². The average molecular weight is 292 g/mol. The Morgan fingerprint density at radius 3 is 3.15 bits per heavy atom. The second-order valence-corrected chi connectivity index (χ2v) is 6.31. The summed E-state index contributed by atoms with van der Waals surface area (Å²) in [6.45, 7) is 3.89. The first-order valence-corrected chi connectivity index (χ1v) is 7.39. The van der Waals surface area contributed by atoms with Crippen molar-refractivity contribution in [2.75, 3.05) is 13.1 Å². The van der Waals surface area contributed by atoms with Crippen LogP contribution in [0.5, 0.6) is 0 Å². The number of furan rings is 1. The van der Waals surface area contributed by atoms with Crippen LogP contribution in [0.25, 0.3) is 10.8 Å². The van der Waals surface area contributed by atoms with E-state index in [4.69, 9.17) is 4.42 Å². The molecule has 2 aromatic heterocycles. The normalized spacial score (nSPS) is 23.2. The zero-order valence-corrected chi connectivity index (χ0v) is 12.0. The van der Waals surface area contributed by atoms with Crippen molar-refractivity contribution < 1.29 is 14.3 Å². The Labute approximate surface area is 120 Å². The van der Waals surface area contributed by atoms with Crippen molar-refractivity contribution in [2.24, 2.45) is 5.41 Å². The van der Waals surface area contributed by atoms with E-state index in [-0.39, 0.29) is 0 Å². The van der Waals surface area contributed by atoms with Crippen LogP contribution in [0.1, 0.15) is 19.0 Å². The van der Waals surface area contributed by atoms with Crippen LogP contribution in [-0.4, -0.2) is 34.0 Å². The highest BCUT2D eigenvalue weighted by molar-refractivity contribution is 7.13. The summed E-state index contributed by atoms with van der Waals surface area (Å²) in [7, 11) is 0. The number of aliphatic carboxylic acids is 1. The van der Waals surface area contributed by atoms with Crippen molar-refractivity contribution in [2.45, 2.75) is 19.9 Å². The summed E-state index contributed by atoms with van der Waals surface area (Å²) >= 11 is 1.55. The number of carboxylic acids is 1. The molecule has 0 aromatic carbocycles. The lowest BCUT2D eigenvalue weighted by Gasteiger charge is -2.19. The summed E-state index contributed by atoms with van der Waals surface area (Å²) in [5.41, 5.74) is 0.343. The maximum Gasteiger partial charge on any atom is 0.310 e. The molecular weight excluding hydrogens is 276 g/mol. The number of nitrogens with zero attached hydrogens (tertiary/aromatic N) is 2. The second kappa shape index (κ2) is 5.03. The maximum absolute atomic E-state index is 11.2.